The molecule has 0 saturated carbocycles. The molecule has 6 nitrogen and oxygen atoms in total. The van der Waals surface area contributed by atoms with Crippen LogP contribution in [0.3, 0.4) is 0 Å². The van der Waals surface area contributed by atoms with Crippen LogP contribution in [-0.4, -0.2) is 39.9 Å². The monoisotopic (exact) mass is 339 g/mol. The molecular formula is C18H29NO5. The van der Waals surface area contributed by atoms with E-state index < -0.39 is 6.10 Å². The van der Waals surface area contributed by atoms with E-state index >= 15 is 0 Å². The number of benzene rings is 1. The molecule has 1 N–H and O–H groups in total. The maximum absolute atomic E-state index is 12.1. The van der Waals surface area contributed by atoms with Gasteiger partial charge in [-0.25, -0.2) is 0 Å². The second-order valence-electron chi connectivity index (χ2n) is 5.93. The van der Waals surface area contributed by atoms with Crippen molar-refractivity contribution < 1.29 is 23.7 Å². The van der Waals surface area contributed by atoms with Crippen molar-refractivity contribution in [1.29, 1.82) is 0 Å². The fourth-order valence-corrected chi connectivity index (χ4v) is 2.11. The number of rotatable bonds is 10. The van der Waals surface area contributed by atoms with E-state index in [4.69, 9.17) is 18.9 Å². The summed E-state index contributed by atoms with van der Waals surface area (Å²) in [6.45, 7) is 6.89. The first kappa shape index (κ1) is 20.1. The van der Waals surface area contributed by atoms with Gasteiger partial charge in [-0.2, -0.15) is 0 Å². The largest absolute Gasteiger partial charge is 0.496 e. The van der Waals surface area contributed by atoms with E-state index in [0.29, 0.717) is 36.3 Å². The average Bonchev–Trinajstić information content (AvgIpc) is 2.58. The van der Waals surface area contributed by atoms with Crippen molar-refractivity contribution in [3.8, 4) is 17.2 Å². The zero-order valence-electron chi connectivity index (χ0n) is 15.5. The molecule has 0 bridgehead atoms. The van der Waals surface area contributed by atoms with Crippen LogP contribution < -0.4 is 19.5 Å². The molecule has 0 aliphatic rings. The van der Waals surface area contributed by atoms with Gasteiger partial charge in [-0.3, -0.25) is 4.79 Å². The average molecular weight is 339 g/mol. The lowest BCUT2D eigenvalue weighted by atomic mass is 10.1. The summed E-state index contributed by atoms with van der Waals surface area (Å²) in [5.41, 5.74) is 0.804. The van der Waals surface area contributed by atoms with E-state index in [-0.39, 0.29) is 5.91 Å². The van der Waals surface area contributed by atoms with E-state index in [1.165, 1.54) is 0 Å². The molecular weight excluding hydrogens is 310 g/mol. The minimum atomic E-state index is -0.491. The molecule has 1 aromatic carbocycles. The Hall–Kier alpha value is -1.95. The van der Waals surface area contributed by atoms with Gasteiger partial charge in [-0.15, -0.1) is 0 Å². The van der Waals surface area contributed by atoms with Crippen molar-refractivity contribution >= 4 is 5.91 Å². The summed E-state index contributed by atoms with van der Waals surface area (Å²) in [7, 11) is 4.70. The molecule has 0 fully saturated rings. The Bertz CT molecular complexity index is 530. The van der Waals surface area contributed by atoms with Gasteiger partial charge in [0.25, 0.3) is 0 Å². The van der Waals surface area contributed by atoms with Crippen LogP contribution >= 0.6 is 0 Å². The van der Waals surface area contributed by atoms with Crippen molar-refractivity contribution in [3.63, 3.8) is 0 Å². The fourth-order valence-electron chi connectivity index (χ4n) is 2.11. The second kappa shape index (κ2) is 10.0. The van der Waals surface area contributed by atoms with Gasteiger partial charge in [0.15, 0.2) is 11.5 Å². The van der Waals surface area contributed by atoms with E-state index in [0.717, 1.165) is 12.0 Å². The highest BCUT2D eigenvalue weighted by molar-refractivity contribution is 5.80. The summed E-state index contributed by atoms with van der Waals surface area (Å²) in [6.07, 6.45) is 0.441. The number of ether oxygens (including phenoxy) is 4. The zero-order chi connectivity index (χ0) is 18.1. The summed E-state index contributed by atoms with van der Waals surface area (Å²) >= 11 is 0. The van der Waals surface area contributed by atoms with Gasteiger partial charge < -0.3 is 24.3 Å². The first-order valence-electron chi connectivity index (χ1n) is 8.11. The Balaban J connectivity index is 2.67. The fraction of sp³-hybridized carbons (Fsp3) is 0.611. The van der Waals surface area contributed by atoms with Gasteiger partial charge in [-0.1, -0.05) is 13.8 Å². The molecule has 0 saturated heterocycles. The maximum Gasteiger partial charge on any atom is 0.249 e. The summed E-state index contributed by atoms with van der Waals surface area (Å²) < 4.78 is 21.4. The highest BCUT2D eigenvalue weighted by atomic mass is 16.5. The minimum Gasteiger partial charge on any atom is -0.496 e. The first-order valence-corrected chi connectivity index (χ1v) is 8.11. The SMILES string of the molecule is COc1cc(OC)c(OC)cc1CNC(=O)[C@H](C)OCCC(C)C. The molecule has 136 valence electrons. The smallest absolute Gasteiger partial charge is 0.249 e. The number of amides is 1. The molecule has 0 aromatic heterocycles. The van der Waals surface area contributed by atoms with Crippen LogP contribution in [0.4, 0.5) is 0 Å². The van der Waals surface area contributed by atoms with Gasteiger partial charge in [0.1, 0.15) is 11.9 Å². The lowest BCUT2D eigenvalue weighted by Crippen LogP contribution is -2.34. The van der Waals surface area contributed by atoms with Crippen molar-refractivity contribution in [1.82, 2.24) is 5.32 Å². The number of carbonyl (C=O) groups is 1. The number of hydrogen-bond donors (Lipinski definition) is 1. The molecule has 6 heteroatoms. The third-order valence-electron chi connectivity index (χ3n) is 3.67. The van der Waals surface area contributed by atoms with E-state index in [2.05, 4.69) is 19.2 Å². The summed E-state index contributed by atoms with van der Waals surface area (Å²) in [5.74, 6) is 2.19. The summed E-state index contributed by atoms with van der Waals surface area (Å²) in [4.78, 5) is 12.1. The van der Waals surface area contributed by atoms with Crippen molar-refractivity contribution in [2.45, 2.75) is 39.8 Å². The number of hydrogen-bond acceptors (Lipinski definition) is 5. The zero-order valence-corrected chi connectivity index (χ0v) is 15.5. The Morgan fingerprint density at radius 3 is 2.12 bits per heavy atom. The van der Waals surface area contributed by atoms with Crippen LogP contribution in [0.1, 0.15) is 32.8 Å². The topological polar surface area (TPSA) is 66.0 Å². The molecule has 1 rings (SSSR count). The van der Waals surface area contributed by atoms with Crippen LogP contribution in [0.2, 0.25) is 0 Å². The summed E-state index contributed by atoms with van der Waals surface area (Å²) in [6, 6.07) is 3.53. The first-order chi connectivity index (χ1) is 11.4. The van der Waals surface area contributed by atoms with Gasteiger partial charge in [-0.05, 0) is 25.3 Å². The minimum absolute atomic E-state index is 0.157. The molecule has 0 spiro atoms. The Labute approximate surface area is 144 Å². The highest BCUT2D eigenvalue weighted by Gasteiger charge is 2.16. The van der Waals surface area contributed by atoms with Gasteiger partial charge in [0.2, 0.25) is 5.91 Å². The van der Waals surface area contributed by atoms with Gasteiger partial charge >= 0.3 is 0 Å². The second-order valence-corrected chi connectivity index (χ2v) is 5.93. The van der Waals surface area contributed by atoms with E-state index in [1.54, 1.807) is 40.4 Å². The van der Waals surface area contributed by atoms with Crippen molar-refractivity contribution in [2.24, 2.45) is 5.92 Å². The Morgan fingerprint density at radius 2 is 1.58 bits per heavy atom. The molecule has 1 amide bonds. The van der Waals surface area contributed by atoms with Gasteiger partial charge in [0.05, 0.1) is 21.3 Å². The third-order valence-corrected chi connectivity index (χ3v) is 3.67. The molecule has 0 unspecified atom stereocenters. The van der Waals surface area contributed by atoms with Crippen LogP contribution in [0, 0.1) is 5.92 Å². The van der Waals surface area contributed by atoms with Crippen LogP contribution in [0.15, 0.2) is 12.1 Å². The lowest BCUT2D eigenvalue weighted by molar-refractivity contribution is -0.132. The Morgan fingerprint density at radius 1 is 1.00 bits per heavy atom. The molecule has 1 aromatic rings. The number of nitrogens with one attached hydrogen (secondary N) is 1. The molecule has 0 radical (unpaired) electrons. The molecule has 0 heterocycles. The third kappa shape index (κ3) is 5.92. The molecule has 1 atom stereocenters. The van der Waals surface area contributed by atoms with Crippen molar-refractivity contribution in [3.05, 3.63) is 17.7 Å². The summed E-state index contributed by atoms with van der Waals surface area (Å²) in [5, 5.41) is 2.86. The van der Waals surface area contributed by atoms with Gasteiger partial charge in [0, 0.05) is 24.8 Å². The highest BCUT2D eigenvalue weighted by Crippen LogP contribution is 2.34. The lowest BCUT2D eigenvalue weighted by Gasteiger charge is -2.17. The molecule has 0 aliphatic carbocycles. The predicted octanol–water partition coefficient (Wildman–Crippen LogP) is 2.78. The van der Waals surface area contributed by atoms with Crippen LogP contribution in [0.5, 0.6) is 17.2 Å². The molecule has 0 aliphatic heterocycles. The van der Waals surface area contributed by atoms with Crippen LogP contribution in [0.25, 0.3) is 0 Å². The number of carbonyl (C=O) groups excluding carboxylic acids is 1. The van der Waals surface area contributed by atoms with E-state index in [9.17, 15) is 4.79 Å². The van der Waals surface area contributed by atoms with Crippen molar-refractivity contribution in [2.75, 3.05) is 27.9 Å². The Kier molecular flexibility index (Phi) is 8.40. The standard InChI is InChI=1S/C18H29NO5/c1-12(2)7-8-24-13(3)18(20)19-11-14-9-16(22-5)17(23-6)10-15(14)21-4/h9-10,12-13H,7-8,11H2,1-6H3,(H,19,20)/t13-/m0/s1. The normalized spacial score (nSPS) is 12.0. The molecule has 24 heavy (non-hydrogen) atoms. The predicted molar refractivity (Wildman–Crippen MR) is 92.8 cm³/mol. The van der Waals surface area contributed by atoms with Crippen LogP contribution in [-0.2, 0) is 16.1 Å². The van der Waals surface area contributed by atoms with E-state index in [1.807, 2.05) is 0 Å². The maximum atomic E-state index is 12.1. The number of methoxy groups -OCH3 is 3. The quantitative estimate of drug-likeness (QED) is 0.710.